The zero-order valence-electron chi connectivity index (χ0n) is 17.5. The van der Waals surface area contributed by atoms with Gasteiger partial charge >= 0.3 is 0 Å². The second-order valence-electron chi connectivity index (χ2n) is 7.05. The van der Waals surface area contributed by atoms with E-state index in [2.05, 4.69) is 31.4 Å². The van der Waals surface area contributed by atoms with E-state index in [4.69, 9.17) is 9.47 Å². The topological polar surface area (TPSA) is 59.6 Å². The molecule has 1 aliphatic rings. The molecule has 2 N–H and O–H groups in total. The van der Waals surface area contributed by atoms with Crippen molar-refractivity contribution in [3.8, 4) is 0 Å². The molecule has 1 atom stereocenters. The summed E-state index contributed by atoms with van der Waals surface area (Å²) in [5.74, 6) is 0.613. The van der Waals surface area contributed by atoms with Gasteiger partial charge in [0, 0.05) is 32.4 Å². The quantitative estimate of drug-likeness (QED) is 0.436. The Bertz CT molecular complexity index is 329. The van der Waals surface area contributed by atoms with Crippen molar-refractivity contribution in [2.45, 2.75) is 78.9 Å². The first-order chi connectivity index (χ1) is 12.0. The first kappa shape index (κ1) is 24.4. The maximum atomic E-state index is 11.9. The zero-order chi connectivity index (χ0) is 19.1. The first-order valence-electron chi connectivity index (χ1n) is 10.2. The Labute approximate surface area is 155 Å². The molecule has 1 amide bonds. The minimum absolute atomic E-state index is 0.114. The van der Waals surface area contributed by atoms with Crippen molar-refractivity contribution in [3.63, 3.8) is 0 Å². The molecule has 25 heavy (non-hydrogen) atoms. The molecule has 150 valence electrons. The van der Waals surface area contributed by atoms with Crippen LogP contribution in [0.1, 0.15) is 73.1 Å². The molecule has 0 aromatic carbocycles. The highest BCUT2D eigenvalue weighted by molar-refractivity contribution is 5.76. The predicted octanol–water partition coefficient (Wildman–Crippen LogP) is 3.72. The highest BCUT2D eigenvalue weighted by Crippen LogP contribution is 2.32. The van der Waals surface area contributed by atoms with E-state index in [0.29, 0.717) is 38.0 Å². The van der Waals surface area contributed by atoms with Crippen molar-refractivity contribution in [2.75, 3.05) is 33.4 Å². The summed E-state index contributed by atoms with van der Waals surface area (Å²) in [5, 5.41) is 6.06. The maximum Gasteiger partial charge on any atom is 0.220 e. The van der Waals surface area contributed by atoms with Crippen LogP contribution in [0.15, 0.2) is 0 Å². The first-order valence-corrected chi connectivity index (χ1v) is 10.2. The van der Waals surface area contributed by atoms with E-state index in [1.54, 1.807) is 0 Å². The molecule has 1 aliphatic carbocycles. The van der Waals surface area contributed by atoms with Crippen molar-refractivity contribution in [2.24, 2.45) is 11.8 Å². The van der Waals surface area contributed by atoms with Crippen molar-refractivity contribution in [1.82, 2.24) is 10.6 Å². The van der Waals surface area contributed by atoms with Gasteiger partial charge < -0.3 is 20.1 Å². The predicted molar refractivity (Wildman–Crippen MR) is 105 cm³/mol. The summed E-state index contributed by atoms with van der Waals surface area (Å²) in [4.78, 5) is 11.9. The average molecular weight is 359 g/mol. The fraction of sp³-hybridized carbons (Fsp3) is 0.950. The van der Waals surface area contributed by atoms with Gasteiger partial charge in [0.2, 0.25) is 5.91 Å². The van der Waals surface area contributed by atoms with Crippen molar-refractivity contribution in [3.05, 3.63) is 0 Å². The molecule has 5 nitrogen and oxygen atoms in total. The van der Waals surface area contributed by atoms with Crippen LogP contribution in [0.3, 0.4) is 0 Å². The van der Waals surface area contributed by atoms with E-state index in [0.717, 1.165) is 32.2 Å². The normalized spacial score (nSPS) is 17.6. The van der Waals surface area contributed by atoms with E-state index in [1.165, 1.54) is 6.42 Å². The molecule has 0 spiro atoms. The van der Waals surface area contributed by atoms with E-state index >= 15 is 0 Å². The fourth-order valence-corrected chi connectivity index (χ4v) is 2.79. The van der Waals surface area contributed by atoms with Gasteiger partial charge in [-0.15, -0.1) is 0 Å². The SMILES string of the molecule is CC.CNCCOC1(OCCNC(=O)CC(C)C(C)C)CCCCC1. The number of ether oxygens (including phenoxy) is 2. The molecule has 1 saturated carbocycles. The summed E-state index contributed by atoms with van der Waals surface area (Å²) >= 11 is 0. The number of carbonyl (C=O) groups is 1. The van der Waals surface area contributed by atoms with Crippen LogP contribution in [0.25, 0.3) is 0 Å². The number of hydrogen-bond donors (Lipinski definition) is 2. The van der Waals surface area contributed by atoms with Crippen molar-refractivity contribution < 1.29 is 14.3 Å². The molecule has 0 saturated heterocycles. The van der Waals surface area contributed by atoms with Gasteiger partial charge in [-0.3, -0.25) is 4.79 Å². The molecule has 1 fully saturated rings. The third-order valence-corrected chi connectivity index (χ3v) is 4.77. The van der Waals surface area contributed by atoms with Crippen LogP contribution in [-0.4, -0.2) is 45.0 Å². The molecule has 0 aromatic heterocycles. The summed E-state index contributed by atoms with van der Waals surface area (Å²) in [7, 11) is 1.92. The smallest absolute Gasteiger partial charge is 0.220 e. The molecule has 0 aromatic rings. The average Bonchev–Trinajstić information content (AvgIpc) is 2.61. The number of amides is 1. The van der Waals surface area contributed by atoms with Gasteiger partial charge in [0.25, 0.3) is 0 Å². The lowest BCUT2D eigenvalue weighted by atomic mass is 9.94. The number of likely N-dealkylation sites (N-methyl/N-ethyl adjacent to an activating group) is 1. The van der Waals surface area contributed by atoms with E-state index < -0.39 is 5.79 Å². The molecule has 0 aliphatic heterocycles. The molecular formula is C20H42N2O3. The second kappa shape index (κ2) is 14.5. The molecule has 1 rings (SSSR count). The van der Waals surface area contributed by atoms with E-state index in [9.17, 15) is 4.79 Å². The van der Waals surface area contributed by atoms with Gasteiger partial charge in [0.1, 0.15) is 0 Å². The number of nitrogens with one attached hydrogen (secondary N) is 2. The van der Waals surface area contributed by atoms with Gasteiger partial charge in [0.05, 0.1) is 13.2 Å². The van der Waals surface area contributed by atoms with Crippen LogP contribution in [0, 0.1) is 11.8 Å². The van der Waals surface area contributed by atoms with Gasteiger partial charge in [-0.25, -0.2) is 0 Å². The lowest BCUT2D eigenvalue weighted by Gasteiger charge is -2.37. The molecule has 1 unspecified atom stereocenters. The summed E-state index contributed by atoms with van der Waals surface area (Å²) in [6, 6.07) is 0. The molecule has 0 heterocycles. The van der Waals surface area contributed by atoms with E-state index in [1.807, 2.05) is 20.9 Å². The monoisotopic (exact) mass is 358 g/mol. The summed E-state index contributed by atoms with van der Waals surface area (Å²) < 4.78 is 12.1. The molecule has 5 heteroatoms. The third kappa shape index (κ3) is 10.8. The standard InChI is InChI=1S/C18H36N2O3.C2H6/c1-15(2)16(3)14-17(21)20-11-13-23-18(22-12-10-19-4)8-6-5-7-9-18;1-2/h15-16,19H,5-14H2,1-4H3,(H,20,21);1-2H3. The fourth-order valence-electron chi connectivity index (χ4n) is 2.79. The van der Waals surface area contributed by atoms with Gasteiger partial charge in [-0.05, 0) is 31.7 Å². The van der Waals surface area contributed by atoms with E-state index in [-0.39, 0.29) is 5.91 Å². The van der Waals surface area contributed by atoms with Crippen LogP contribution in [0.4, 0.5) is 0 Å². The summed E-state index contributed by atoms with van der Waals surface area (Å²) in [6.07, 6.45) is 6.05. The molecular weight excluding hydrogens is 316 g/mol. The lowest BCUT2D eigenvalue weighted by molar-refractivity contribution is -0.250. The number of carbonyl (C=O) groups excluding carboxylic acids is 1. The van der Waals surface area contributed by atoms with Gasteiger partial charge in [-0.1, -0.05) is 41.0 Å². The third-order valence-electron chi connectivity index (χ3n) is 4.77. The van der Waals surface area contributed by atoms with Gasteiger partial charge in [0.15, 0.2) is 5.79 Å². The van der Waals surface area contributed by atoms with Crippen LogP contribution >= 0.6 is 0 Å². The van der Waals surface area contributed by atoms with Crippen molar-refractivity contribution in [1.29, 1.82) is 0 Å². The maximum absolute atomic E-state index is 11.9. The Morgan fingerprint density at radius 1 is 1.00 bits per heavy atom. The Morgan fingerprint density at radius 3 is 2.08 bits per heavy atom. The highest BCUT2D eigenvalue weighted by Gasteiger charge is 2.33. The van der Waals surface area contributed by atoms with Crippen LogP contribution < -0.4 is 10.6 Å². The Hall–Kier alpha value is -0.650. The lowest BCUT2D eigenvalue weighted by Crippen LogP contribution is -2.42. The number of hydrogen-bond acceptors (Lipinski definition) is 4. The minimum atomic E-state index is -0.439. The number of rotatable bonds is 11. The minimum Gasteiger partial charge on any atom is -0.354 e. The highest BCUT2D eigenvalue weighted by atomic mass is 16.7. The molecule has 0 radical (unpaired) electrons. The summed E-state index contributed by atoms with van der Waals surface area (Å²) in [6.45, 7) is 13.0. The largest absolute Gasteiger partial charge is 0.354 e. The van der Waals surface area contributed by atoms with Crippen LogP contribution in [0.2, 0.25) is 0 Å². The van der Waals surface area contributed by atoms with Gasteiger partial charge in [-0.2, -0.15) is 0 Å². The van der Waals surface area contributed by atoms with Crippen LogP contribution in [-0.2, 0) is 14.3 Å². The Kier molecular flexibility index (Phi) is 14.1. The Morgan fingerprint density at radius 2 is 1.56 bits per heavy atom. The Balaban J connectivity index is 0.00000277. The second-order valence-corrected chi connectivity index (χ2v) is 7.05. The zero-order valence-corrected chi connectivity index (χ0v) is 17.5. The molecule has 0 bridgehead atoms. The van der Waals surface area contributed by atoms with Crippen LogP contribution in [0.5, 0.6) is 0 Å². The van der Waals surface area contributed by atoms with Crippen molar-refractivity contribution >= 4 is 5.91 Å². The summed E-state index contributed by atoms with van der Waals surface area (Å²) in [5.41, 5.74) is 0.